The number of nitrogens with zero attached hydrogens (tertiary/aromatic N) is 2. The number of amidine groups is 1. The number of aliphatic imine (C=N–C) groups is 1. The normalized spacial score (nSPS) is 23.8. The molecule has 1 aromatic rings. The Labute approximate surface area is 149 Å². The molecule has 1 aromatic carbocycles. The maximum Gasteiger partial charge on any atom is 0.417 e. The first-order valence-corrected chi connectivity index (χ1v) is 7.97. The third kappa shape index (κ3) is 2.90. The van der Waals surface area contributed by atoms with E-state index in [2.05, 4.69) is 9.73 Å². The number of alkyl halides is 5. The molecule has 1 atom stereocenters. The zero-order valence-corrected chi connectivity index (χ0v) is 13.6. The van der Waals surface area contributed by atoms with E-state index in [0.29, 0.717) is 18.1 Å². The second-order valence-electron chi connectivity index (χ2n) is 6.37. The minimum atomic E-state index is -4.74. The molecule has 2 heterocycles. The second kappa shape index (κ2) is 5.90. The highest BCUT2D eigenvalue weighted by Gasteiger charge is 2.47. The van der Waals surface area contributed by atoms with Crippen LogP contribution in [0.3, 0.4) is 0 Å². The molecular weight excluding hydrogens is 374 g/mol. The van der Waals surface area contributed by atoms with Gasteiger partial charge >= 0.3 is 12.8 Å². The van der Waals surface area contributed by atoms with Crippen LogP contribution in [0.15, 0.2) is 52.9 Å². The van der Waals surface area contributed by atoms with Gasteiger partial charge in [0.2, 0.25) is 0 Å². The van der Waals surface area contributed by atoms with Crippen LogP contribution in [0.4, 0.5) is 26.3 Å². The van der Waals surface area contributed by atoms with Gasteiger partial charge in [0, 0.05) is 11.8 Å². The molecule has 0 unspecified atom stereocenters. The molecule has 9 heteroatoms. The Morgan fingerprint density at radius 1 is 1.22 bits per heavy atom. The van der Waals surface area contributed by atoms with Gasteiger partial charge in [-0.2, -0.15) is 22.0 Å². The molecule has 142 valence electrons. The van der Waals surface area contributed by atoms with Crippen molar-refractivity contribution < 1.29 is 31.1 Å². The van der Waals surface area contributed by atoms with Crippen LogP contribution in [-0.4, -0.2) is 30.1 Å². The summed E-state index contributed by atoms with van der Waals surface area (Å²) >= 11 is 0. The van der Waals surface area contributed by atoms with Crippen molar-refractivity contribution in [3.63, 3.8) is 0 Å². The molecule has 2 aliphatic heterocycles. The predicted octanol–water partition coefficient (Wildman–Crippen LogP) is 4.73. The van der Waals surface area contributed by atoms with Crippen LogP contribution in [0.5, 0.6) is 0 Å². The first-order valence-electron chi connectivity index (χ1n) is 7.97. The standard InChI is InChI=1S/C18H12F6N2O/c19-13-5-1-4-12-11(13)3-2-6-17(12)9-26-8-10(18(22,23)24)7-14(15(26)25-17)27-16(20)21/h1-5,7-8,16H,6,9H2/t17-/m1/s1. The van der Waals surface area contributed by atoms with Gasteiger partial charge in [-0.25, -0.2) is 4.39 Å². The average molecular weight is 386 g/mol. The number of allylic oxidation sites excluding steroid dienone is 2. The van der Waals surface area contributed by atoms with Crippen molar-refractivity contribution in [1.82, 2.24) is 4.90 Å². The summed E-state index contributed by atoms with van der Waals surface area (Å²) in [4.78, 5) is 5.55. The van der Waals surface area contributed by atoms with Crippen LogP contribution in [0, 0.1) is 5.82 Å². The van der Waals surface area contributed by atoms with Crippen molar-refractivity contribution in [2.45, 2.75) is 24.7 Å². The SMILES string of the molecule is Fc1cccc2c1C=CC[C@@]21CN2C=C(C(F)(F)F)C=C(OC(F)F)C2=N1. The maximum absolute atomic E-state index is 14.1. The highest BCUT2D eigenvalue weighted by Crippen LogP contribution is 2.45. The third-order valence-corrected chi connectivity index (χ3v) is 4.66. The Bertz CT molecular complexity index is 915. The Morgan fingerprint density at radius 2 is 2.00 bits per heavy atom. The topological polar surface area (TPSA) is 24.8 Å². The van der Waals surface area contributed by atoms with E-state index in [9.17, 15) is 26.3 Å². The number of benzene rings is 1. The lowest BCUT2D eigenvalue weighted by Gasteiger charge is -2.31. The van der Waals surface area contributed by atoms with Crippen LogP contribution in [-0.2, 0) is 10.3 Å². The van der Waals surface area contributed by atoms with E-state index >= 15 is 0 Å². The maximum atomic E-state index is 14.1. The summed E-state index contributed by atoms with van der Waals surface area (Å²) in [6.07, 6.45) is 0.112. The van der Waals surface area contributed by atoms with E-state index in [4.69, 9.17) is 0 Å². The number of hydrogen-bond donors (Lipinski definition) is 0. The number of hydrogen-bond acceptors (Lipinski definition) is 3. The molecule has 0 fully saturated rings. The lowest BCUT2D eigenvalue weighted by Crippen LogP contribution is -2.35. The molecule has 27 heavy (non-hydrogen) atoms. The van der Waals surface area contributed by atoms with Gasteiger partial charge in [0.25, 0.3) is 0 Å². The molecule has 0 saturated carbocycles. The van der Waals surface area contributed by atoms with Crippen LogP contribution in [0.2, 0.25) is 0 Å². The molecule has 3 aliphatic rings. The van der Waals surface area contributed by atoms with Gasteiger partial charge in [0.15, 0.2) is 11.6 Å². The van der Waals surface area contributed by atoms with E-state index < -0.39 is 35.5 Å². The van der Waals surface area contributed by atoms with Crippen molar-refractivity contribution in [3.8, 4) is 0 Å². The van der Waals surface area contributed by atoms with Crippen LogP contribution < -0.4 is 0 Å². The summed E-state index contributed by atoms with van der Waals surface area (Å²) in [5, 5.41) is 0. The predicted molar refractivity (Wildman–Crippen MR) is 85.2 cm³/mol. The molecule has 0 radical (unpaired) electrons. The summed E-state index contributed by atoms with van der Waals surface area (Å²) in [5.74, 6) is -1.28. The molecule has 3 nitrogen and oxygen atoms in total. The molecule has 0 N–H and O–H groups in total. The summed E-state index contributed by atoms with van der Waals surface area (Å²) in [6, 6.07) is 4.39. The van der Waals surface area contributed by atoms with Crippen LogP contribution in [0.25, 0.3) is 6.08 Å². The highest BCUT2D eigenvalue weighted by atomic mass is 19.4. The quantitative estimate of drug-likeness (QED) is 0.687. The van der Waals surface area contributed by atoms with E-state index in [-0.39, 0.29) is 17.9 Å². The molecule has 0 amide bonds. The van der Waals surface area contributed by atoms with Crippen molar-refractivity contribution >= 4 is 11.9 Å². The fourth-order valence-electron chi connectivity index (χ4n) is 3.56. The molecule has 0 bridgehead atoms. The number of rotatable bonds is 2. The van der Waals surface area contributed by atoms with Crippen LogP contribution >= 0.6 is 0 Å². The summed E-state index contributed by atoms with van der Waals surface area (Å²) in [6.45, 7) is -3.35. The molecule has 0 aromatic heterocycles. The van der Waals surface area contributed by atoms with Gasteiger partial charge in [-0.1, -0.05) is 24.3 Å². The van der Waals surface area contributed by atoms with Crippen molar-refractivity contribution in [2.75, 3.05) is 6.54 Å². The number of ether oxygens (including phenoxy) is 1. The average Bonchev–Trinajstić information content (AvgIpc) is 2.94. The molecule has 1 spiro atoms. The monoisotopic (exact) mass is 386 g/mol. The van der Waals surface area contributed by atoms with Gasteiger partial charge in [-0.15, -0.1) is 0 Å². The van der Waals surface area contributed by atoms with Crippen molar-refractivity contribution in [2.24, 2.45) is 4.99 Å². The molecule has 0 saturated heterocycles. The summed E-state index contributed by atoms with van der Waals surface area (Å²) in [5.41, 5.74) is -1.43. The van der Waals surface area contributed by atoms with Gasteiger partial charge < -0.3 is 9.64 Å². The Balaban J connectivity index is 1.82. The fourth-order valence-corrected chi connectivity index (χ4v) is 3.56. The van der Waals surface area contributed by atoms with Crippen molar-refractivity contribution in [3.05, 3.63) is 64.8 Å². The smallest absolute Gasteiger partial charge is 0.417 e. The minimum absolute atomic E-state index is 0.0490. The number of halogens is 6. The zero-order valence-electron chi connectivity index (χ0n) is 13.6. The van der Waals surface area contributed by atoms with Gasteiger partial charge in [-0.3, -0.25) is 4.99 Å². The largest absolute Gasteiger partial charge is 0.431 e. The van der Waals surface area contributed by atoms with Crippen LogP contribution in [0.1, 0.15) is 17.5 Å². The third-order valence-electron chi connectivity index (χ3n) is 4.66. The Kier molecular flexibility index (Phi) is 3.87. The first-order chi connectivity index (χ1) is 12.7. The summed E-state index contributed by atoms with van der Waals surface area (Å²) in [7, 11) is 0. The molecule has 4 rings (SSSR count). The Hall–Kier alpha value is -2.71. The fraction of sp³-hybridized carbons (Fsp3) is 0.278. The summed E-state index contributed by atoms with van der Waals surface area (Å²) < 4.78 is 83.3. The molecular formula is C18H12F6N2O. The zero-order chi connectivity index (χ0) is 19.4. The lowest BCUT2D eigenvalue weighted by atomic mass is 9.80. The Morgan fingerprint density at radius 3 is 2.70 bits per heavy atom. The van der Waals surface area contributed by atoms with E-state index in [0.717, 1.165) is 11.1 Å². The van der Waals surface area contributed by atoms with Gasteiger partial charge in [-0.05, 0) is 24.1 Å². The van der Waals surface area contributed by atoms with Gasteiger partial charge in [0.05, 0.1) is 12.1 Å². The second-order valence-corrected chi connectivity index (χ2v) is 6.37. The van der Waals surface area contributed by atoms with E-state index in [1.165, 1.54) is 12.1 Å². The van der Waals surface area contributed by atoms with Gasteiger partial charge in [0.1, 0.15) is 11.4 Å². The van der Waals surface area contributed by atoms with Crippen molar-refractivity contribution in [1.29, 1.82) is 0 Å². The van der Waals surface area contributed by atoms with E-state index in [1.807, 2.05) is 0 Å². The lowest BCUT2D eigenvalue weighted by molar-refractivity contribution is -0.0981. The first kappa shape index (κ1) is 17.7. The van der Waals surface area contributed by atoms with E-state index in [1.54, 1.807) is 18.2 Å². The minimum Gasteiger partial charge on any atom is -0.431 e. The number of fused-ring (bicyclic) bond motifs is 3. The highest BCUT2D eigenvalue weighted by molar-refractivity contribution is 6.00. The molecule has 1 aliphatic carbocycles.